The number of esters is 2. The zero-order chi connectivity index (χ0) is 14.4. The summed E-state index contributed by atoms with van der Waals surface area (Å²) in [5.74, 6) is -0.838. The van der Waals surface area contributed by atoms with Crippen LogP contribution in [-0.2, 0) is 28.5 Å². The monoisotopic (exact) mass is 272 g/mol. The number of rotatable bonds is 5. The van der Waals surface area contributed by atoms with Crippen LogP contribution in [0.15, 0.2) is 12.2 Å². The summed E-state index contributed by atoms with van der Waals surface area (Å²) in [4.78, 5) is 21.8. The Bertz CT molecular complexity index is 349. The lowest BCUT2D eigenvalue weighted by Gasteiger charge is -2.31. The molecule has 6 heteroatoms. The highest BCUT2D eigenvalue weighted by Crippen LogP contribution is 2.18. The molecule has 108 valence electrons. The molecule has 19 heavy (non-hydrogen) atoms. The van der Waals surface area contributed by atoms with Crippen LogP contribution >= 0.6 is 0 Å². The van der Waals surface area contributed by atoms with Crippen molar-refractivity contribution in [3.05, 3.63) is 12.2 Å². The van der Waals surface area contributed by atoms with Gasteiger partial charge in [-0.25, -0.2) is 0 Å². The smallest absolute Gasteiger partial charge is 0.303 e. The van der Waals surface area contributed by atoms with E-state index >= 15 is 0 Å². The van der Waals surface area contributed by atoms with Crippen LogP contribution in [0.4, 0.5) is 0 Å². The van der Waals surface area contributed by atoms with E-state index in [1.807, 2.05) is 13.8 Å². The van der Waals surface area contributed by atoms with Crippen molar-refractivity contribution in [2.24, 2.45) is 0 Å². The Hall–Kier alpha value is -1.40. The molecule has 6 nitrogen and oxygen atoms in total. The van der Waals surface area contributed by atoms with Gasteiger partial charge in [-0.3, -0.25) is 9.59 Å². The average Bonchev–Trinajstić information content (AvgIpc) is 2.27. The molecular weight excluding hydrogens is 252 g/mol. The van der Waals surface area contributed by atoms with Gasteiger partial charge in [-0.2, -0.15) is 0 Å². The van der Waals surface area contributed by atoms with Crippen molar-refractivity contribution in [1.29, 1.82) is 0 Å². The summed E-state index contributed by atoms with van der Waals surface area (Å²) in [5, 5.41) is 0. The molecule has 0 aromatic carbocycles. The maximum atomic E-state index is 11.0. The lowest BCUT2D eigenvalue weighted by Crippen LogP contribution is -2.42. The van der Waals surface area contributed by atoms with Crippen molar-refractivity contribution in [2.45, 2.75) is 52.3 Å². The first-order valence-corrected chi connectivity index (χ1v) is 6.18. The summed E-state index contributed by atoms with van der Waals surface area (Å²) < 4.78 is 21.1. The SMILES string of the molecule is CC(=O)OC[C@H]1OC(OC(C)C)C=C[C@@H]1OC(C)=O. The summed E-state index contributed by atoms with van der Waals surface area (Å²) >= 11 is 0. The molecule has 0 spiro atoms. The van der Waals surface area contributed by atoms with Gasteiger partial charge >= 0.3 is 11.9 Å². The summed E-state index contributed by atoms with van der Waals surface area (Å²) in [7, 11) is 0. The molecule has 0 saturated heterocycles. The van der Waals surface area contributed by atoms with E-state index in [0.29, 0.717) is 0 Å². The van der Waals surface area contributed by atoms with Crippen LogP contribution < -0.4 is 0 Å². The van der Waals surface area contributed by atoms with E-state index in [2.05, 4.69) is 0 Å². The molecule has 1 unspecified atom stereocenters. The first kappa shape index (κ1) is 15.7. The van der Waals surface area contributed by atoms with Gasteiger partial charge in [-0.15, -0.1) is 0 Å². The Kier molecular flexibility index (Phi) is 5.98. The molecule has 1 aliphatic heterocycles. The Labute approximate surface area is 112 Å². The van der Waals surface area contributed by atoms with E-state index in [-0.39, 0.29) is 12.7 Å². The molecule has 0 bridgehead atoms. The molecule has 1 heterocycles. The second-order valence-corrected chi connectivity index (χ2v) is 4.49. The van der Waals surface area contributed by atoms with Gasteiger partial charge in [0, 0.05) is 13.8 Å². The van der Waals surface area contributed by atoms with E-state index in [0.717, 1.165) is 0 Å². The highest BCUT2D eigenvalue weighted by Gasteiger charge is 2.31. The van der Waals surface area contributed by atoms with Crippen LogP contribution in [0.3, 0.4) is 0 Å². The molecule has 0 aromatic heterocycles. The van der Waals surface area contributed by atoms with Gasteiger partial charge in [0.05, 0.1) is 6.10 Å². The number of hydrogen-bond donors (Lipinski definition) is 0. The molecule has 1 rings (SSSR count). The second kappa shape index (κ2) is 7.25. The fourth-order valence-electron chi connectivity index (χ4n) is 1.61. The number of carbonyl (C=O) groups excluding carboxylic acids is 2. The van der Waals surface area contributed by atoms with Gasteiger partial charge in [0.2, 0.25) is 0 Å². The average molecular weight is 272 g/mol. The predicted octanol–water partition coefficient (Wildman–Crippen LogP) is 1.19. The molecule has 0 saturated carbocycles. The maximum Gasteiger partial charge on any atom is 0.303 e. The van der Waals surface area contributed by atoms with Crippen LogP contribution in [0.5, 0.6) is 0 Å². The van der Waals surface area contributed by atoms with Crippen molar-refractivity contribution in [2.75, 3.05) is 6.61 Å². The van der Waals surface area contributed by atoms with Gasteiger partial charge in [0.15, 0.2) is 6.29 Å². The highest BCUT2D eigenvalue weighted by atomic mass is 16.7. The normalized spacial score (nSPS) is 26.3. The van der Waals surface area contributed by atoms with Gasteiger partial charge in [0.25, 0.3) is 0 Å². The van der Waals surface area contributed by atoms with E-state index in [4.69, 9.17) is 18.9 Å². The van der Waals surface area contributed by atoms with Crippen molar-refractivity contribution in [1.82, 2.24) is 0 Å². The van der Waals surface area contributed by atoms with E-state index in [1.165, 1.54) is 13.8 Å². The van der Waals surface area contributed by atoms with Crippen molar-refractivity contribution in [3.63, 3.8) is 0 Å². The molecule has 0 aliphatic carbocycles. The molecule has 1 aliphatic rings. The van der Waals surface area contributed by atoms with E-state index < -0.39 is 30.4 Å². The number of carbonyl (C=O) groups is 2. The van der Waals surface area contributed by atoms with Crippen molar-refractivity contribution in [3.8, 4) is 0 Å². The predicted molar refractivity (Wildman–Crippen MR) is 66.2 cm³/mol. The number of hydrogen-bond acceptors (Lipinski definition) is 6. The topological polar surface area (TPSA) is 71.1 Å². The quantitative estimate of drug-likeness (QED) is 0.553. The second-order valence-electron chi connectivity index (χ2n) is 4.49. The first-order valence-electron chi connectivity index (χ1n) is 6.18. The van der Waals surface area contributed by atoms with E-state index in [9.17, 15) is 9.59 Å². The van der Waals surface area contributed by atoms with Gasteiger partial charge in [-0.1, -0.05) is 0 Å². The van der Waals surface area contributed by atoms with Gasteiger partial charge in [-0.05, 0) is 26.0 Å². The standard InChI is InChI=1S/C13H20O6/c1-8(2)17-13-6-5-11(18-10(4)15)12(19-13)7-16-9(3)14/h5-6,8,11-13H,7H2,1-4H3/t11-,12+,13?/m0/s1. The third kappa shape index (κ3) is 5.85. The van der Waals surface area contributed by atoms with Crippen LogP contribution in [-0.4, -0.2) is 43.1 Å². The van der Waals surface area contributed by atoms with Crippen LogP contribution in [0.2, 0.25) is 0 Å². The third-order valence-corrected chi connectivity index (χ3v) is 2.29. The van der Waals surface area contributed by atoms with Gasteiger partial charge < -0.3 is 18.9 Å². The lowest BCUT2D eigenvalue weighted by molar-refractivity contribution is -0.205. The Morgan fingerprint density at radius 2 is 1.89 bits per heavy atom. The molecule has 0 amide bonds. The third-order valence-electron chi connectivity index (χ3n) is 2.29. The first-order chi connectivity index (χ1) is 8.88. The molecule has 0 radical (unpaired) electrons. The summed E-state index contributed by atoms with van der Waals surface area (Å²) in [6, 6.07) is 0. The minimum absolute atomic E-state index is 0.00528. The largest absolute Gasteiger partial charge is 0.463 e. The number of ether oxygens (including phenoxy) is 4. The Morgan fingerprint density at radius 1 is 1.21 bits per heavy atom. The van der Waals surface area contributed by atoms with Crippen molar-refractivity contribution >= 4 is 11.9 Å². The fourth-order valence-corrected chi connectivity index (χ4v) is 1.61. The minimum Gasteiger partial charge on any atom is -0.463 e. The summed E-state index contributed by atoms with van der Waals surface area (Å²) in [5.41, 5.74) is 0. The Balaban J connectivity index is 2.65. The lowest BCUT2D eigenvalue weighted by atomic mass is 10.1. The minimum atomic E-state index is -0.580. The summed E-state index contributed by atoms with van der Waals surface area (Å²) in [6.45, 7) is 6.40. The van der Waals surface area contributed by atoms with Gasteiger partial charge in [0.1, 0.15) is 18.8 Å². The van der Waals surface area contributed by atoms with Crippen molar-refractivity contribution < 1.29 is 28.5 Å². The van der Waals surface area contributed by atoms with Crippen LogP contribution in [0.1, 0.15) is 27.7 Å². The van der Waals surface area contributed by atoms with Crippen LogP contribution in [0.25, 0.3) is 0 Å². The molecule has 0 fully saturated rings. The molecule has 0 aromatic rings. The molecule has 3 atom stereocenters. The highest BCUT2D eigenvalue weighted by molar-refractivity contribution is 5.66. The van der Waals surface area contributed by atoms with E-state index in [1.54, 1.807) is 12.2 Å². The molecular formula is C13H20O6. The Morgan fingerprint density at radius 3 is 2.42 bits per heavy atom. The summed E-state index contributed by atoms with van der Waals surface area (Å²) in [6.07, 6.45) is 1.68. The van der Waals surface area contributed by atoms with Crippen LogP contribution in [0, 0.1) is 0 Å². The fraction of sp³-hybridized carbons (Fsp3) is 0.692. The zero-order valence-electron chi connectivity index (χ0n) is 11.6. The zero-order valence-corrected chi connectivity index (χ0v) is 11.6. The molecule has 0 N–H and O–H groups in total. The maximum absolute atomic E-state index is 11.0.